The minimum Gasteiger partial charge on any atom is -0.508 e. The number of hydrogen-bond acceptors (Lipinski definition) is 2. The van der Waals surface area contributed by atoms with Crippen LogP contribution in [0.3, 0.4) is 0 Å². The van der Waals surface area contributed by atoms with Gasteiger partial charge in [0.15, 0.2) is 0 Å². The highest BCUT2D eigenvalue weighted by molar-refractivity contribution is 6.34. The molecule has 2 rings (SSSR count). The molecule has 0 heterocycles. The van der Waals surface area contributed by atoms with Crippen molar-refractivity contribution in [3.63, 3.8) is 0 Å². The van der Waals surface area contributed by atoms with Gasteiger partial charge in [-0.1, -0.05) is 35.9 Å². The molecule has 2 aromatic rings. The molecule has 98 valence electrons. The number of carbonyl (C=O) groups excluding carboxylic acids is 1. The number of amides is 1. The van der Waals surface area contributed by atoms with Crippen molar-refractivity contribution in [2.45, 2.75) is 13.5 Å². The molecule has 0 bridgehead atoms. The van der Waals surface area contributed by atoms with Crippen LogP contribution in [0.5, 0.6) is 5.75 Å². The van der Waals surface area contributed by atoms with Gasteiger partial charge >= 0.3 is 0 Å². The Balaban J connectivity index is 2.08. The summed E-state index contributed by atoms with van der Waals surface area (Å²) in [6.07, 6.45) is 0. The second-order valence-electron chi connectivity index (χ2n) is 4.29. The fraction of sp³-hybridized carbons (Fsp3) is 0.133. The van der Waals surface area contributed by atoms with Crippen LogP contribution in [0.1, 0.15) is 21.5 Å². The van der Waals surface area contributed by atoms with Crippen LogP contribution in [-0.4, -0.2) is 11.0 Å². The van der Waals surface area contributed by atoms with Crippen LogP contribution in [0.15, 0.2) is 42.5 Å². The molecule has 0 aliphatic carbocycles. The zero-order chi connectivity index (χ0) is 13.8. The largest absolute Gasteiger partial charge is 0.508 e. The number of phenols is 1. The summed E-state index contributed by atoms with van der Waals surface area (Å²) in [4.78, 5) is 12.0. The summed E-state index contributed by atoms with van der Waals surface area (Å²) < 4.78 is 0. The van der Waals surface area contributed by atoms with E-state index in [2.05, 4.69) is 5.32 Å². The number of hydrogen-bond donors (Lipinski definition) is 2. The van der Waals surface area contributed by atoms with Crippen LogP contribution in [0.4, 0.5) is 0 Å². The third-order valence-electron chi connectivity index (χ3n) is 2.80. The molecule has 0 atom stereocenters. The number of carbonyl (C=O) groups is 1. The van der Waals surface area contributed by atoms with Crippen LogP contribution in [0, 0.1) is 6.92 Å². The molecule has 0 radical (unpaired) electrons. The van der Waals surface area contributed by atoms with E-state index in [0.29, 0.717) is 17.1 Å². The predicted molar refractivity (Wildman–Crippen MR) is 75.5 cm³/mol. The Morgan fingerprint density at radius 3 is 2.74 bits per heavy atom. The molecule has 19 heavy (non-hydrogen) atoms. The maximum absolute atomic E-state index is 12.0. The van der Waals surface area contributed by atoms with E-state index in [-0.39, 0.29) is 11.7 Å². The van der Waals surface area contributed by atoms with E-state index >= 15 is 0 Å². The van der Waals surface area contributed by atoms with Gasteiger partial charge < -0.3 is 10.4 Å². The van der Waals surface area contributed by atoms with E-state index < -0.39 is 0 Å². The second kappa shape index (κ2) is 5.76. The molecule has 0 aromatic heterocycles. The van der Waals surface area contributed by atoms with Gasteiger partial charge in [0, 0.05) is 6.54 Å². The Labute approximate surface area is 116 Å². The molecular formula is C15H14ClNO2. The van der Waals surface area contributed by atoms with Crippen LogP contribution in [0.2, 0.25) is 5.02 Å². The lowest BCUT2D eigenvalue weighted by molar-refractivity contribution is 0.0951. The van der Waals surface area contributed by atoms with Gasteiger partial charge in [-0.2, -0.15) is 0 Å². The van der Waals surface area contributed by atoms with Crippen LogP contribution in [0.25, 0.3) is 0 Å². The molecule has 0 saturated carbocycles. The maximum Gasteiger partial charge on any atom is 0.253 e. The summed E-state index contributed by atoms with van der Waals surface area (Å²) in [5, 5.41) is 12.6. The molecule has 0 unspecified atom stereocenters. The zero-order valence-corrected chi connectivity index (χ0v) is 11.2. The van der Waals surface area contributed by atoms with E-state index in [1.807, 2.05) is 19.1 Å². The van der Waals surface area contributed by atoms with E-state index in [0.717, 1.165) is 11.1 Å². The average Bonchev–Trinajstić information content (AvgIpc) is 2.39. The molecule has 0 aliphatic heterocycles. The van der Waals surface area contributed by atoms with Crippen molar-refractivity contribution in [3.8, 4) is 5.75 Å². The molecule has 2 N–H and O–H groups in total. The first kappa shape index (κ1) is 13.4. The summed E-state index contributed by atoms with van der Waals surface area (Å²) in [6, 6.07) is 12.1. The van der Waals surface area contributed by atoms with Gasteiger partial charge in [0.1, 0.15) is 5.75 Å². The van der Waals surface area contributed by atoms with Crippen LogP contribution >= 0.6 is 11.6 Å². The topological polar surface area (TPSA) is 49.3 Å². The smallest absolute Gasteiger partial charge is 0.253 e. The summed E-state index contributed by atoms with van der Waals surface area (Å²) >= 11 is 6.09. The number of aromatic hydroxyl groups is 1. The van der Waals surface area contributed by atoms with Crippen molar-refractivity contribution < 1.29 is 9.90 Å². The Morgan fingerprint density at radius 1 is 1.26 bits per heavy atom. The molecule has 2 aromatic carbocycles. The third kappa shape index (κ3) is 3.26. The molecule has 3 nitrogen and oxygen atoms in total. The van der Waals surface area contributed by atoms with E-state index in [4.69, 9.17) is 11.6 Å². The Hall–Kier alpha value is -2.00. The first-order chi connectivity index (χ1) is 9.08. The molecule has 4 heteroatoms. The second-order valence-corrected chi connectivity index (χ2v) is 4.67. The number of nitrogens with one attached hydrogen (secondary N) is 1. The third-order valence-corrected chi connectivity index (χ3v) is 3.30. The lowest BCUT2D eigenvalue weighted by atomic mass is 10.1. The highest BCUT2D eigenvalue weighted by Gasteiger charge is 2.11. The highest BCUT2D eigenvalue weighted by Crippen LogP contribution is 2.20. The fourth-order valence-corrected chi connectivity index (χ4v) is 1.98. The number of phenolic OH excluding ortho intramolecular Hbond substituents is 1. The predicted octanol–water partition coefficient (Wildman–Crippen LogP) is 3.28. The minimum absolute atomic E-state index is 0.181. The summed E-state index contributed by atoms with van der Waals surface area (Å²) in [6.45, 7) is 2.20. The monoisotopic (exact) mass is 275 g/mol. The van der Waals surface area contributed by atoms with E-state index in [1.165, 1.54) is 0 Å². The van der Waals surface area contributed by atoms with E-state index in [1.54, 1.807) is 30.3 Å². The van der Waals surface area contributed by atoms with Gasteiger partial charge in [-0.05, 0) is 36.2 Å². The molecular weight excluding hydrogens is 262 g/mol. The first-order valence-electron chi connectivity index (χ1n) is 5.89. The number of aryl methyl sites for hydroxylation is 1. The quantitative estimate of drug-likeness (QED) is 0.903. The lowest BCUT2D eigenvalue weighted by Gasteiger charge is -2.08. The Bertz CT molecular complexity index is 611. The molecule has 0 aliphatic rings. The number of rotatable bonds is 3. The highest BCUT2D eigenvalue weighted by atomic mass is 35.5. The van der Waals surface area contributed by atoms with Crippen molar-refractivity contribution in [2.75, 3.05) is 0 Å². The average molecular weight is 276 g/mol. The van der Waals surface area contributed by atoms with Gasteiger partial charge in [-0.25, -0.2) is 0 Å². The standard InChI is InChI=1S/C15H14ClNO2/c1-10-4-2-7-13(14(10)16)15(19)17-9-11-5-3-6-12(18)8-11/h2-8,18H,9H2,1H3,(H,17,19). The fourth-order valence-electron chi connectivity index (χ4n) is 1.77. The SMILES string of the molecule is Cc1cccc(C(=O)NCc2cccc(O)c2)c1Cl. The van der Waals surface area contributed by atoms with Gasteiger partial charge in [-0.15, -0.1) is 0 Å². The minimum atomic E-state index is -0.225. The van der Waals surface area contributed by atoms with Crippen molar-refractivity contribution in [2.24, 2.45) is 0 Å². The van der Waals surface area contributed by atoms with Gasteiger partial charge in [0.25, 0.3) is 5.91 Å². The number of halogens is 1. The first-order valence-corrected chi connectivity index (χ1v) is 6.27. The normalized spacial score (nSPS) is 10.2. The molecule has 1 amide bonds. The number of benzene rings is 2. The van der Waals surface area contributed by atoms with E-state index in [9.17, 15) is 9.90 Å². The van der Waals surface area contributed by atoms with Gasteiger partial charge in [0.05, 0.1) is 10.6 Å². The zero-order valence-electron chi connectivity index (χ0n) is 10.5. The molecule has 0 spiro atoms. The van der Waals surface area contributed by atoms with Crippen molar-refractivity contribution >= 4 is 17.5 Å². The van der Waals surface area contributed by atoms with Crippen LogP contribution < -0.4 is 5.32 Å². The maximum atomic E-state index is 12.0. The Kier molecular flexibility index (Phi) is 4.07. The molecule has 0 saturated heterocycles. The lowest BCUT2D eigenvalue weighted by Crippen LogP contribution is -2.23. The van der Waals surface area contributed by atoms with Crippen molar-refractivity contribution in [3.05, 3.63) is 64.2 Å². The Morgan fingerprint density at radius 2 is 2.00 bits per heavy atom. The summed E-state index contributed by atoms with van der Waals surface area (Å²) in [5.41, 5.74) is 2.16. The van der Waals surface area contributed by atoms with Crippen LogP contribution in [-0.2, 0) is 6.54 Å². The van der Waals surface area contributed by atoms with Crippen molar-refractivity contribution in [1.29, 1.82) is 0 Å². The van der Waals surface area contributed by atoms with Crippen molar-refractivity contribution in [1.82, 2.24) is 5.32 Å². The summed E-state index contributed by atoms with van der Waals surface area (Å²) in [7, 11) is 0. The van der Waals surface area contributed by atoms with Gasteiger partial charge in [0.2, 0.25) is 0 Å². The van der Waals surface area contributed by atoms with Gasteiger partial charge in [-0.3, -0.25) is 4.79 Å². The molecule has 0 fully saturated rings. The summed E-state index contributed by atoms with van der Waals surface area (Å²) in [5.74, 6) is -0.0441.